The lowest BCUT2D eigenvalue weighted by Gasteiger charge is -2.37. The molecule has 0 bridgehead atoms. The number of carboxylic acids is 1. The van der Waals surface area contributed by atoms with E-state index >= 15 is 0 Å². The average molecular weight is 346 g/mol. The van der Waals surface area contributed by atoms with Gasteiger partial charge in [-0.05, 0) is 30.9 Å². The fourth-order valence-electron chi connectivity index (χ4n) is 3.18. The molecule has 1 fully saturated rings. The summed E-state index contributed by atoms with van der Waals surface area (Å²) in [5.74, 6) is 0.943. The van der Waals surface area contributed by atoms with Gasteiger partial charge in [-0.25, -0.2) is 9.48 Å². The van der Waals surface area contributed by atoms with Gasteiger partial charge in [-0.15, -0.1) is 5.10 Å². The Morgan fingerprint density at radius 1 is 1.40 bits per heavy atom. The first-order chi connectivity index (χ1) is 12.0. The number of furan rings is 1. The van der Waals surface area contributed by atoms with Crippen molar-refractivity contribution in [3.8, 4) is 0 Å². The number of hydrogen-bond acceptors (Lipinski definition) is 5. The van der Waals surface area contributed by atoms with E-state index in [0.717, 1.165) is 30.8 Å². The van der Waals surface area contributed by atoms with Gasteiger partial charge in [0, 0.05) is 13.0 Å². The van der Waals surface area contributed by atoms with E-state index in [9.17, 15) is 9.59 Å². The second kappa shape index (κ2) is 7.08. The van der Waals surface area contributed by atoms with E-state index in [2.05, 4.69) is 17.2 Å². The molecule has 25 heavy (non-hydrogen) atoms. The maximum atomic E-state index is 12.8. The number of aryl methyl sites for hydroxylation is 1. The van der Waals surface area contributed by atoms with Gasteiger partial charge in [0.2, 0.25) is 5.91 Å². The minimum absolute atomic E-state index is 0.0352. The number of carbonyl (C=O) groups is 2. The molecule has 1 aliphatic heterocycles. The van der Waals surface area contributed by atoms with Crippen molar-refractivity contribution in [3.63, 3.8) is 0 Å². The summed E-state index contributed by atoms with van der Waals surface area (Å²) in [7, 11) is 0. The molecular weight excluding hydrogens is 324 g/mol. The second-order valence-corrected chi connectivity index (χ2v) is 6.50. The normalized spacial score (nSPS) is 20.6. The largest absolute Gasteiger partial charge is 0.476 e. The van der Waals surface area contributed by atoms with Gasteiger partial charge >= 0.3 is 5.97 Å². The molecule has 1 aliphatic rings. The van der Waals surface area contributed by atoms with E-state index in [-0.39, 0.29) is 24.2 Å². The van der Waals surface area contributed by atoms with Crippen molar-refractivity contribution in [2.24, 2.45) is 5.92 Å². The molecule has 134 valence electrons. The number of aromatic nitrogens is 3. The van der Waals surface area contributed by atoms with Crippen molar-refractivity contribution in [1.82, 2.24) is 19.9 Å². The fraction of sp³-hybridized carbons (Fsp3) is 0.529. The van der Waals surface area contributed by atoms with Crippen LogP contribution in [0.3, 0.4) is 0 Å². The molecule has 0 saturated carbocycles. The molecule has 0 radical (unpaired) electrons. The van der Waals surface area contributed by atoms with Crippen molar-refractivity contribution in [2.45, 2.75) is 45.7 Å². The zero-order valence-corrected chi connectivity index (χ0v) is 14.4. The maximum Gasteiger partial charge on any atom is 0.358 e. The number of likely N-dealkylation sites (tertiary alicyclic amines) is 1. The standard InChI is InChI=1S/C17H22N4O4/c1-3-12-4-5-15(25-12)14-8-11(2)6-7-21(14)16(22)10-20-9-13(17(23)24)18-19-20/h4-5,9,11,14H,3,6-8,10H2,1-2H3,(H,23,24). The minimum atomic E-state index is -1.16. The first-order valence-corrected chi connectivity index (χ1v) is 8.49. The Morgan fingerprint density at radius 2 is 2.20 bits per heavy atom. The third-order valence-corrected chi connectivity index (χ3v) is 4.60. The Morgan fingerprint density at radius 3 is 2.84 bits per heavy atom. The first-order valence-electron chi connectivity index (χ1n) is 8.49. The summed E-state index contributed by atoms with van der Waals surface area (Å²) in [4.78, 5) is 25.4. The minimum Gasteiger partial charge on any atom is -0.476 e. The van der Waals surface area contributed by atoms with Crippen LogP contribution in [0.5, 0.6) is 0 Å². The average Bonchev–Trinajstić information content (AvgIpc) is 3.23. The molecule has 8 nitrogen and oxygen atoms in total. The van der Waals surface area contributed by atoms with Crippen molar-refractivity contribution >= 4 is 11.9 Å². The molecule has 1 amide bonds. The van der Waals surface area contributed by atoms with Crippen LogP contribution in [0.1, 0.15) is 54.7 Å². The summed E-state index contributed by atoms with van der Waals surface area (Å²) < 4.78 is 7.14. The molecule has 0 spiro atoms. The van der Waals surface area contributed by atoms with E-state index in [1.54, 1.807) is 4.90 Å². The smallest absolute Gasteiger partial charge is 0.358 e. The molecular formula is C17H22N4O4. The molecule has 2 atom stereocenters. The SMILES string of the molecule is CCc1ccc(C2CC(C)CCN2C(=O)Cn2cc(C(=O)O)nn2)o1. The van der Waals surface area contributed by atoms with Crippen LogP contribution in [0.2, 0.25) is 0 Å². The summed E-state index contributed by atoms with van der Waals surface area (Å²) in [5, 5.41) is 16.2. The van der Waals surface area contributed by atoms with Crippen LogP contribution in [0.4, 0.5) is 0 Å². The van der Waals surface area contributed by atoms with E-state index in [1.165, 1.54) is 10.9 Å². The molecule has 2 aromatic heterocycles. The third kappa shape index (κ3) is 3.72. The van der Waals surface area contributed by atoms with E-state index in [0.29, 0.717) is 12.5 Å². The number of carboxylic acid groups (broad SMARTS) is 1. The summed E-state index contributed by atoms with van der Waals surface area (Å²) in [6, 6.07) is 3.80. The van der Waals surface area contributed by atoms with Gasteiger partial charge in [-0.1, -0.05) is 19.1 Å². The van der Waals surface area contributed by atoms with Gasteiger partial charge in [-0.3, -0.25) is 4.79 Å². The van der Waals surface area contributed by atoms with Gasteiger partial charge in [0.15, 0.2) is 5.69 Å². The predicted molar refractivity (Wildman–Crippen MR) is 87.9 cm³/mol. The molecule has 2 unspecified atom stereocenters. The van der Waals surface area contributed by atoms with Crippen molar-refractivity contribution in [3.05, 3.63) is 35.5 Å². The number of rotatable bonds is 5. The number of hydrogen-bond donors (Lipinski definition) is 1. The zero-order valence-electron chi connectivity index (χ0n) is 14.4. The van der Waals surface area contributed by atoms with Gasteiger partial charge in [0.1, 0.15) is 18.1 Å². The van der Waals surface area contributed by atoms with Crippen LogP contribution in [0.25, 0.3) is 0 Å². The second-order valence-electron chi connectivity index (χ2n) is 6.50. The highest BCUT2D eigenvalue weighted by atomic mass is 16.4. The van der Waals surface area contributed by atoms with Crippen LogP contribution in [-0.2, 0) is 17.8 Å². The zero-order chi connectivity index (χ0) is 18.0. The lowest BCUT2D eigenvalue weighted by molar-refractivity contribution is -0.137. The van der Waals surface area contributed by atoms with Gasteiger partial charge in [0.25, 0.3) is 0 Å². The van der Waals surface area contributed by atoms with Crippen LogP contribution >= 0.6 is 0 Å². The molecule has 0 aromatic carbocycles. The Kier molecular flexibility index (Phi) is 4.87. The molecule has 2 aromatic rings. The van der Waals surface area contributed by atoms with E-state index < -0.39 is 5.97 Å². The Hall–Kier alpha value is -2.64. The highest BCUT2D eigenvalue weighted by Crippen LogP contribution is 2.35. The molecule has 3 heterocycles. The Bertz CT molecular complexity index is 766. The van der Waals surface area contributed by atoms with Crippen LogP contribution in [-0.4, -0.2) is 43.4 Å². The van der Waals surface area contributed by atoms with Crippen LogP contribution < -0.4 is 0 Å². The van der Waals surface area contributed by atoms with Crippen molar-refractivity contribution in [1.29, 1.82) is 0 Å². The molecule has 3 rings (SSSR count). The van der Waals surface area contributed by atoms with Gasteiger partial charge in [0.05, 0.1) is 12.2 Å². The monoisotopic (exact) mass is 346 g/mol. The number of aromatic carboxylic acids is 1. The molecule has 8 heteroatoms. The highest BCUT2D eigenvalue weighted by Gasteiger charge is 2.33. The number of carbonyl (C=O) groups excluding carboxylic acids is 1. The molecule has 0 aliphatic carbocycles. The fourth-order valence-corrected chi connectivity index (χ4v) is 3.18. The van der Waals surface area contributed by atoms with Crippen LogP contribution in [0.15, 0.2) is 22.7 Å². The lowest BCUT2D eigenvalue weighted by Crippen LogP contribution is -2.42. The maximum absolute atomic E-state index is 12.8. The summed E-state index contributed by atoms with van der Waals surface area (Å²) >= 11 is 0. The Balaban J connectivity index is 1.76. The van der Waals surface area contributed by atoms with Crippen molar-refractivity contribution in [2.75, 3.05) is 6.54 Å². The summed E-state index contributed by atoms with van der Waals surface area (Å²) in [6.45, 7) is 4.81. The van der Waals surface area contributed by atoms with Crippen molar-refractivity contribution < 1.29 is 19.1 Å². The summed E-state index contributed by atoms with van der Waals surface area (Å²) in [5.41, 5.74) is -0.171. The van der Waals surface area contributed by atoms with Gasteiger partial charge < -0.3 is 14.4 Å². The third-order valence-electron chi connectivity index (χ3n) is 4.60. The van der Waals surface area contributed by atoms with Gasteiger partial charge in [-0.2, -0.15) is 0 Å². The number of nitrogens with zero attached hydrogens (tertiary/aromatic N) is 4. The quantitative estimate of drug-likeness (QED) is 0.890. The van der Waals surface area contributed by atoms with Crippen LogP contribution in [0, 0.1) is 5.92 Å². The lowest BCUT2D eigenvalue weighted by atomic mass is 9.91. The van der Waals surface area contributed by atoms with E-state index in [4.69, 9.17) is 9.52 Å². The predicted octanol–water partition coefficient (Wildman–Crippen LogP) is 2.13. The van der Waals surface area contributed by atoms with E-state index in [1.807, 2.05) is 19.1 Å². The number of piperidine rings is 1. The summed E-state index contributed by atoms with van der Waals surface area (Å²) in [6.07, 6.45) is 3.86. The number of amides is 1. The first kappa shape index (κ1) is 17.2. The molecule has 1 N–H and O–H groups in total. The highest BCUT2D eigenvalue weighted by molar-refractivity contribution is 5.84. The molecule has 1 saturated heterocycles. The Labute approximate surface area is 145 Å². The topological polar surface area (TPSA) is 101 Å².